The molecule has 1 unspecified atom stereocenters. The van der Waals surface area contributed by atoms with Crippen molar-refractivity contribution >= 4 is 11.5 Å². The lowest BCUT2D eigenvalue weighted by molar-refractivity contribution is 0.143. The number of pyridine rings is 1. The van der Waals surface area contributed by atoms with Gasteiger partial charge in [0, 0.05) is 32.8 Å². The van der Waals surface area contributed by atoms with Crippen molar-refractivity contribution in [3.05, 3.63) is 30.1 Å². The Balaban J connectivity index is 1.93. The Labute approximate surface area is 125 Å². The third-order valence-electron chi connectivity index (χ3n) is 4.21. The molecule has 2 aromatic rings. The lowest BCUT2D eigenvalue weighted by Gasteiger charge is -2.33. The zero-order chi connectivity index (χ0) is 14.7. The van der Waals surface area contributed by atoms with Crippen LogP contribution in [0.1, 0.15) is 18.5 Å². The number of anilines is 1. The number of piperidine rings is 1. The van der Waals surface area contributed by atoms with E-state index in [1.807, 2.05) is 12.1 Å². The summed E-state index contributed by atoms with van der Waals surface area (Å²) in [5.41, 5.74) is 8.04. The van der Waals surface area contributed by atoms with Crippen LogP contribution in [0.25, 0.3) is 5.65 Å². The molecule has 1 aliphatic heterocycles. The summed E-state index contributed by atoms with van der Waals surface area (Å²) in [5, 5.41) is 0. The Morgan fingerprint density at radius 2 is 2.33 bits per heavy atom. The predicted molar refractivity (Wildman–Crippen MR) is 84.8 cm³/mol. The lowest BCUT2D eigenvalue weighted by atomic mass is 9.99. The number of aromatic nitrogens is 2. The molecule has 0 amide bonds. The Hall–Kier alpha value is -1.59. The van der Waals surface area contributed by atoms with Crippen LogP contribution in [0.5, 0.6) is 0 Å². The van der Waals surface area contributed by atoms with E-state index in [9.17, 15) is 0 Å². The number of hydrogen-bond acceptors (Lipinski definition) is 4. The molecule has 0 saturated carbocycles. The predicted octanol–water partition coefficient (Wildman–Crippen LogP) is 1.70. The highest BCUT2D eigenvalue weighted by Gasteiger charge is 2.24. The van der Waals surface area contributed by atoms with Crippen molar-refractivity contribution in [2.75, 3.05) is 38.3 Å². The third kappa shape index (κ3) is 2.89. The number of ether oxygens (including phenoxy) is 1. The summed E-state index contributed by atoms with van der Waals surface area (Å²) < 4.78 is 7.50. The molecule has 3 heterocycles. The minimum absolute atomic E-state index is 0.597. The zero-order valence-electron chi connectivity index (χ0n) is 12.7. The number of nitrogens with zero attached hydrogens (tertiary/aromatic N) is 3. The molecular formula is C16H24N4O. The highest BCUT2D eigenvalue weighted by molar-refractivity contribution is 5.56. The standard InChI is InChI=1S/C16H24N4O/c1-21-12-13-5-4-9-19(11-13)16-14(7-8-17)20-10-3-2-6-15(20)18-16/h2-3,6,10,13H,4-5,7-9,11-12,17H2,1H3. The molecule has 2 N–H and O–H groups in total. The van der Waals surface area contributed by atoms with Gasteiger partial charge in [-0.3, -0.25) is 0 Å². The molecule has 5 heteroatoms. The van der Waals surface area contributed by atoms with Gasteiger partial charge in [-0.05, 0) is 37.4 Å². The van der Waals surface area contributed by atoms with E-state index in [0.717, 1.165) is 37.6 Å². The second-order valence-corrected chi connectivity index (χ2v) is 5.76. The van der Waals surface area contributed by atoms with Crippen molar-refractivity contribution in [3.63, 3.8) is 0 Å². The summed E-state index contributed by atoms with van der Waals surface area (Å²) in [7, 11) is 1.78. The van der Waals surface area contributed by atoms with Gasteiger partial charge in [0.2, 0.25) is 0 Å². The molecule has 3 rings (SSSR count). The van der Waals surface area contributed by atoms with Crippen LogP contribution < -0.4 is 10.6 Å². The molecule has 2 aromatic heterocycles. The van der Waals surface area contributed by atoms with Gasteiger partial charge in [-0.2, -0.15) is 0 Å². The van der Waals surface area contributed by atoms with Crippen molar-refractivity contribution in [3.8, 4) is 0 Å². The molecule has 0 radical (unpaired) electrons. The molecule has 1 fully saturated rings. The zero-order valence-corrected chi connectivity index (χ0v) is 12.7. The summed E-state index contributed by atoms with van der Waals surface area (Å²) in [6.45, 7) is 3.57. The summed E-state index contributed by atoms with van der Waals surface area (Å²) in [5.74, 6) is 1.70. The van der Waals surface area contributed by atoms with Crippen molar-refractivity contribution in [1.82, 2.24) is 9.38 Å². The van der Waals surface area contributed by atoms with Crippen molar-refractivity contribution in [1.29, 1.82) is 0 Å². The number of methoxy groups -OCH3 is 1. The summed E-state index contributed by atoms with van der Waals surface area (Å²) >= 11 is 0. The van der Waals surface area contributed by atoms with Gasteiger partial charge >= 0.3 is 0 Å². The summed E-state index contributed by atoms with van der Waals surface area (Å²) in [6.07, 6.45) is 5.37. The van der Waals surface area contributed by atoms with Crippen LogP contribution in [-0.2, 0) is 11.2 Å². The fraction of sp³-hybridized carbons (Fsp3) is 0.562. The SMILES string of the molecule is COCC1CCCN(c2nc3ccccn3c2CCN)C1. The van der Waals surface area contributed by atoms with Gasteiger partial charge in [0.25, 0.3) is 0 Å². The molecule has 0 spiro atoms. The van der Waals surface area contributed by atoms with E-state index >= 15 is 0 Å². The average Bonchev–Trinajstić information content (AvgIpc) is 2.88. The minimum Gasteiger partial charge on any atom is -0.384 e. The largest absolute Gasteiger partial charge is 0.384 e. The molecule has 0 bridgehead atoms. The smallest absolute Gasteiger partial charge is 0.151 e. The average molecular weight is 288 g/mol. The topological polar surface area (TPSA) is 55.8 Å². The number of hydrogen-bond donors (Lipinski definition) is 1. The summed E-state index contributed by atoms with van der Waals surface area (Å²) in [4.78, 5) is 7.25. The van der Waals surface area contributed by atoms with Crippen molar-refractivity contribution in [2.45, 2.75) is 19.3 Å². The molecule has 1 saturated heterocycles. The number of imidazole rings is 1. The van der Waals surface area contributed by atoms with Gasteiger partial charge in [-0.1, -0.05) is 6.07 Å². The van der Waals surface area contributed by atoms with Crippen LogP contribution in [0.15, 0.2) is 24.4 Å². The quantitative estimate of drug-likeness (QED) is 0.910. The Morgan fingerprint density at radius 1 is 1.43 bits per heavy atom. The van der Waals surface area contributed by atoms with Crippen molar-refractivity contribution in [2.24, 2.45) is 11.7 Å². The third-order valence-corrected chi connectivity index (χ3v) is 4.21. The van der Waals surface area contributed by atoms with Crippen LogP contribution in [0.3, 0.4) is 0 Å². The Kier molecular flexibility index (Phi) is 4.41. The van der Waals surface area contributed by atoms with Gasteiger partial charge < -0.3 is 19.8 Å². The normalized spacial score (nSPS) is 19.3. The van der Waals surface area contributed by atoms with Gasteiger partial charge in [-0.15, -0.1) is 0 Å². The Bertz CT molecular complexity index is 593. The van der Waals surface area contributed by atoms with E-state index in [-0.39, 0.29) is 0 Å². The van der Waals surface area contributed by atoms with E-state index in [4.69, 9.17) is 15.5 Å². The number of rotatable bonds is 5. The van der Waals surface area contributed by atoms with E-state index in [1.54, 1.807) is 7.11 Å². The monoisotopic (exact) mass is 288 g/mol. The van der Waals surface area contributed by atoms with E-state index in [0.29, 0.717) is 12.5 Å². The number of nitrogens with two attached hydrogens (primary N) is 1. The molecule has 114 valence electrons. The van der Waals surface area contributed by atoms with Gasteiger partial charge in [0.05, 0.1) is 12.3 Å². The van der Waals surface area contributed by atoms with Crippen LogP contribution >= 0.6 is 0 Å². The maximum atomic E-state index is 5.80. The highest BCUT2D eigenvalue weighted by atomic mass is 16.5. The summed E-state index contributed by atoms with van der Waals surface area (Å²) in [6, 6.07) is 6.13. The highest BCUT2D eigenvalue weighted by Crippen LogP contribution is 2.27. The minimum atomic E-state index is 0.597. The van der Waals surface area contributed by atoms with E-state index in [1.165, 1.54) is 18.5 Å². The number of fused-ring (bicyclic) bond motifs is 1. The van der Waals surface area contributed by atoms with Crippen LogP contribution in [-0.4, -0.2) is 42.7 Å². The van der Waals surface area contributed by atoms with Gasteiger partial charge in [-0.25, -0.2) is 4.98 Å². The molecule has 21 heavy (non-hydrogen) atoms. The first kappa shape index (κ1) is 14.4. The van der Waals surface area contributed by atoms with Gasteiger partial charge in [0.15, 0.2) is 5.82 Å². The van der Waals surface area contributed by atoms with E-state index < -0.39 is 0 Å². The first-order valence-electron chi connectivity index (χ1n) is 7.73. The van der Waals surface area contributed by atoms with E-state index in [2.05, 4.69) is 21.6 Å². The maximum Gasteiger partial charge on any atom is 0.151 e. The van der Waals surface area contributed by atoms with Crippen LogP contribution in [0.4, 0.5) is 5.82 Å². The second-order valence-electron chi connectivity index (χ2n) is 5.76. The van der Waals surface area contributed by atoms with Gasteiger partial charge in [0.1, 0.15) is 5.65 Å². The fourth-order valence-electron chi connectivity index (χ4n) is 3.29. The molecule has 1 atom stereocenters. The molecule has 5 nitrogen and oxygen atoms in total. The fourth-order valence-corrected chi connectivity index (χ4v) is 3.29. The van der Waals surface area contributed by atoms with Crippen LogP contribution in [0, 0.1) is 5.92 Å². The second kappa shape index (κ2) is 6.45. The molecule has 0 aromatic carbocycles. The molecular weight excluding hydrogens is 264 g/mol. The first-order chi connectivity index (χ1) is 10.3. The lowest BCUT2D eigenvalue weighted by Crippen LogP contribution is -2.38. The Morgan fingerprint density at radius 3 is 3.14 bits per heavy atom. The molecule has 1 aliphatic rings. The van der Waals surface area contributed by atoms with Crippen molar-refractivity contribution < 1.29 is 4.74 Å². The maximum absolute atomic E-state index is 5.80. The molecule has 0 aliphatic carbocycles. The first-order valence-corrected chi connectivity index (χ1v) is 7.73. The van der Waals surface area contributed by atoms with Crippen LogP contribution in [0.2, 0.25) is 0 Å².